The van der Waals surface area contributed by atoms with Crippen LogP contribution in [0.5, 0.6) is 11.5 Å². The van der Waals surface area contributed by atoms with Gasteiger partial charge in [0.2, 0.25) is 0 Å². The third kappa shape index (κ3) is 1.46. The zero-order valence-electron chi connectivity index (χ0n) is 12.3. The van der Waals surface area contributed by atoms with Gasteiger partial charge in [-0.15, -0.1) is 0 Å². The number of ether oxygens (including phenoxy) is 1. The molecule has 4 heteroatoms. The normalized spacial score (nSPS) is 12.4. The van der Waals surface area contributed by atoms with Gasteiger partial charge in [0.25, 0.3) is 11.5 Å². The van der Waals surface area contributed by atoms with E-state index in [4.69, 9.17) is 4.74 Å². The Morgan fingerprint density at radius 3 is 2.59 bits per heavy atom. The number of aromatic hydroxyl groups is 1. The number of pyridine rings is 1. The molecule has 4 rings (SSSR count). The van der Waals surface area contributed by atoms with Gasteiger partial charge in [-0.1, -0.05) is 24.3 Å². The average Bonchev–Trinajstić information content (AvgIpc) is 2.54. The molecule has 0 saturated carbocycles. The summed E-state index contributed by atoms with van der Waals surface area (Å²) in [4.78, 5) is 12.8. The van der Waals surface area contributed by atoms with E-state index >= 15 is 0 Å². The van der Waals surface area contributed by atoms with Crippen molar-refractivity contribution in [2.75, 3.05) is 7.11 Å². The molecule has 4 nitrogen and oxygen atoms in total. The number of benzene rings is 2. The number of methoxy groups -OCH3 is 1. The van der Waals surface area contributed by atoms with Gasteiger partial charge in [0.05, 0.1) is 12.5 Å². The topological polar surface area (TPSA) is 50.4 Å². The van der Waals surface area contributed by atoms with Gasteiger partial charge in [0.15, 0.2) is 17.7 Å². The Morgan fingerprint density at radius 1 is 1.14 bits per heavy atom. The smallest absolute Gasteiger partial charge is 0.262 e. The first-order valence-electron chi connectivity index (χ1n) is 7.00. The van der Waals surface area contributed by atoms with Crippen LogP contribution in [0, 0.1) is 0 Å². The van der Waals surface area contributed by atoms with Gasteiger partial charge in [-0.25, -0.2) is 0 Å². The Kier molecular flexibility index (Phi) is 2.51. The first-order chi connectivity index (χ1) is 10.6. The summed E-state index contributed by atoms with van der Waals surface area (Å²) in [5, 5.41) is 12.3. The number of hydrogen-bond acceptors (Lipinski definition) is 3. The first-order valence-corrected chi connectivity index (χ1v) is 7.00. The molecule has 1 aliphatic carbocycles. The molecule has 0 unspecified atom stereocenters. The van der Waals surface area contributed by atoms with Gasteiger partial charge in [-0.05, 0) is 17.0 Å². The van der Waals surface area contributed by atoms with E-state index in [0.717, 1.165) is 16.3 Å². The van der Waals surface area contributed by atoms with Gasteiger partial charge in [0.1, 0.15) is 7.05 Å². The summed E-state index contributed by atoms with van der Waals surface area (Å²) in [6.45, 7) is 0. The second-order valence-electron chi connectivity index (χ2n) is 5.42. The third-order valence-corrected chi connectivity index (χ3v) is 4.24. The summed E-state index contributed by atoms with van der Waals surface area (Å²) in [5.41, 5.74) is 2.59. The number of aromatic nitrogens is 1. The predicted molar refractivity (Wildman–Crippen MR) is 82.2 cm³/mol. The SMILES string of the molecule is COc1cc2cc[n+](C)c3c2c(c1O)-c1ccccc1C3=O. The number of ketones is 1. The van der Waals surface area contributed by atoms with E-state index in [1.807, 2.05) is 37.5 Å². The maximum absolute atomic E-state index is 12.8. The zero-order chi connectivity index (χ0) is 15.4. The molecule has 1 N–H and O–H groups in total. The number of carbonyl (C=O) groups excluding carboxylic acids is 1. The van der Waals surface area contributed by atoms with Crippen molar-refractivity contribution in [2.24, 2.45) is 7.05 Å². The molecule has 3 aromatic rings. The van der Waals surface area contributed by atoms with Crippen molar-refractivity contribution in [3.8, 4) is 22.6 Å². The molecule has 0 atom stereocenters. The number of aryl methyl sites for hydroxylation is 1. The molecule has 2 aromatic carbocycles. The Balaban J connectivity index is 2.31. The number of hydrogen-bond donors (Lipinski definition) is 1. The summed E-state index contributed by atoms with van der Waals surface area (Å²) in [6.07, 6.45) is 1.85. The number of carbonyl (C=O) groups is 1. The van der Waals surface area contributed by atoms with Crippen molar-refractivity contribution in [1.82, 2.24) is 0 Å². The van der Waals surface area contributed by atoms with Crippen molar-refractivity contribution in [2.45, 2.75) is 0 Å². The van der Waals surface area contributed by atoms with Crippen molar-refractivity contribution in [3.63, 3.8) is 0 Å². The molecule has 1 heterocycles. The maximum atomic E-state index is 12.8. The van der Waals surface area contributed by atoms with E-state index in [1.54, 1.807) is 16.7 Å². The Morgan fingerprint density at radius 2 is 1.86 bits per heavy atom. The summed E-state index contributed by atoms with van der Waals surface area (Å²) in [7, 11) is 3.36. The fourth-order valence-corrected chi connectivity index (χ4v) is 3.22. The summed E-state index contributed by atoms with van der Waals surface area (Å²) in [5.74, 6) is 0.453. The van der Waals surface area contributed by atoms with Crippen molar-refractivity contribution in [3.05, 3.63) is 53.9 Å². The van der Waals surface area contributed by atoms with Gasteiger partial charge < -0.3 is 9.84 Å². The molecule has 1 aromatic heterocycles. The minimum atomic E-state index is -0.0271. The van der Waals surface area contributed by atoms with Crippen molar-refractivity contribution >= 4 is 16.6 Å². The predicted octanol–water partition coefficient (Wildman–Crippen LogP) is 2.59. The van der Waals surface area contributed by atoms with Crippen LogP contribution in [-0.2, 0) is 7.05 Å². The molecular weight excluding hydrogens is 278 g/mol. The highest BCUT2D eigenvalue weighted by Gasteiger charge is 2.34. The second-order valence-corrected chi connectivity index (χ2v) is 5.42. The molecule has 0 spiro atoms. The molecular formula is C18H14NO3+. The van der Waals surface area contributed by atoms with Crippen LogP contribution in [0.1, 0.15) is 16.1 Å². The van der Waals surface area contributed by atoms with Gasteiger partial charge in [0, 0.05) is 17.2 Å². The highest BCUT2D eigenvalue weighted by atomic mass is 16.5. The van der Waals surface area contributed by atoms with E-state index < -0.39 is 0 Å². The average molecular weight is 292 g/mol. The lowest BCUT2D eigenvalue weighted by atomic mass is 9.84. The molecule has 0 bridgehead atoms. The molecule has 108 valence electrons. The Labute approximate surface area is 127 Å². The van der Waals surface area contributed by atoms with Crippen LogP contribution in [0.4, 0.5) is 0 Å². The van der Waals surface area contributed by atoms with E-state index in [2.05, 4.69) is 0 Å². The third-order valence-electron chi connectivity index (χ3n) is 4.24. The first kappa shape index (κ1) is 12.8. The minimum Gasteiger partial charge on any atom is -0.504 e. The van der Waals surface area contributed by atoms with Crippen LogP contribution in [0.25, 0.3) is 21.9 Å². The zero-order valence-corrected chi connectivity index (χ0v) is 12.3. The number of nitrogens with zero attached hydrogens (tertiary/aromatic N) is 1. The Hall–Kier alpha value is -2.88. The van der Waals surface area contributed by atoms with Gasteiger partial charge in [-0.2, -0.15) is 4.57 Å². The van der Waals surface area contributed by atoms with Crippen molar-refractivity contribution in [1.29, 1.82) is 0 Å². The monoisotopic (exact) mass is 292 g/mol. The van der Waals surface area contributed by atoms with Crippen LogP contribution in [0.15, 0.2) is 42.6 Å². The number of phenols is 1. The second kappa shape index (κ2) is 4.31. The van der Waals surface area contributed by atoms with E-state index in [1.165, 1.54) is 7.11 Å². The Bertz CT molecular complexity index is 960. The number of phenolic OH excluding ortho intramolecular Hbond substituents is 1. The molecule has 0 fully saturated rings. The lowest BCUT2D eigenvalue weighted by molar-refractivity contribution is -0.671. The molecule has 0 amide bonds. The summed E-state index contributed by atoms with van der Waals surface area (Å²) < 4.78 is 7.09. The van der Waals surface area contributed by atoms with E-state index in [-0.39, 0.29) is 11.5 Å². The standard InChI is InChI=1S/C18H13NO3/c1-19-8-7-10-9-13(22-2)18(21)15-11-5-3-4-6-12(11)17(20)16(19)14(10)15/h3-9H,1-2H3/p+1. The maximum Gasteiger partial charge on any atom is 0.262 e. The van der Waals surface area contributed by atoms with Crippen LogP contribution < -0.4 is 9.30 Å². The van der Waals surface area contributed by atoms with E-state index in [9.17, 15) is 9.90 Å². The summed E-state index contributed by atoms with van der Waals surface area (Å²) >= 11 is 0. The molecule has 0 aliphatic heterocycles. The molecule has 0 saturated heterocycles. The van der Waals surface area contributed by atoms with Gasteiger partial charge >= 0.3 is 0 Å². The fraction of sp³-hybridized carbons (Fsp3) is 0.111. The highest BCUT2D eigenvalue weighted by molar-refractivity contribution is 6.25. The summed E-state index contributed by atoms with van der Waals surface area (Å²) in [6, 6.07) is 11.0. The number of rotatable bonds is 1. The minimum absolute atomic E-state index is 0.0271. The van der Waals surface area contributed by atoms with E-state index in [0.29, 0.717) is 22.6 Å². The fourth-order valence-electron chi connectivity index (χ4n) is 3.22. The van der Waals surface area contributed by atoms with Crippen LogP contribution in [0.2, 0.25) is 0 Å². The molecule has 1 aliphatic rings. The highest BCUT2D eigenvalue weighted by Crippen LogP contribution is 2.47. The largest absolute Gasteiger partial charge is 0.504 e. The lowest BCUT2D eigenvalue weighted by Gasteiger charge is -2.20. The lowest BCUT2D eigenvalue weighted by Crippen LogP contribution is -2.37. The quantitative estimate of drug-likeness (QED) is 0.549. The van der Waals surface area contributed by atoms with Crippen molar-refractivity contribution < 1.29 is 19.2 Å². The number of fused-ring (bicyclic) bond motifs is 2. The van der Waals surface area contributed by atoms with Crippen LogP contribution in [-0.4, -0.2) is 18.0 Å². The van der Waals surface area contributed by atoms with Crippen LogP contribution >= 0.6 is 0 Å². The molecule has 0 radical (unpaired) electrons. The van der Waals surface area contributed by atoms with Crippen LogP contribution in [0.3, 0.4) is 0 Å². The van der Waals surface area contributed by atoms with Gasteiger partial charge in [-0.3, -0.25) is 4.79 Å². The molecule has 22 heavy (non-hydrogen) atoms.